The Morgan fingerprint density at radius 2 is 2.00 bits per heavy atom. The minimum Gasteiger partial charge on any atom is -0.496 e. The highest BCUT2D eigenvalue weighted by Gasteiger charge is 2.45. The van der Waals surface area contributed by atoms with Crippen LogP contribution in [0.3, 0.4) is 0 Å². The number of ether oxygens (including phenoxy) is 2. The monoisotopic (exact) mass is 434 g/mol. The molecule has 2 aliphatic rings. The number of rotatable bonds is 5. The number of carboxylic acids is 1. The van der Waals surface area contributed by atoms with Gasteiger partial charge in [0.1, 0.15) is 5.75 Å². The maximum Gasteiger partial charge on any atom is 0.335 e. The van der Waals surface area contributed by atoms with Gasteiger partial charge in [0.2, 0.25) is 0 Å². The first-order valence-corrected chi connectivity index (χ1v) is 11.3. The van der Waals surface area contributed by atoms with Crippen LogP contribution in [-0.2, 0) is 11.3 Å². The summed E-state index contributed by atoms with van der Waals surface area (Å²) in [6.45, 7) is 5.52. The number of fused-ring (bicyclic) bond motifs is 1. The Labute approximate surface area is 188 Å². The summed E-state index contributed by atoms with van der Waals surface area (Å²) in [6, 6.07) is 11.9. The minimum atomic E-state index is -0.889. The molecule has 6 heteroatoms. The minimum absolute atomic E-state index is 0.232. The number of hydrogen-bond donors (Lipinski definition) is 2. The van der Waals surface area contributed by atoms with Crippen LogP contribution in [0.25, 0.3) is 10.9 Å². The molecule has 32 heavy (non-hydrogen) atoms. The molecule has 0 amide bonds. The Morgan fingerprint density at radius 3 is 2.69 bits per heavy atom. The van der Waals surface area contributed by atoms with Crippen molar-refractivity contribution in [3.05, 3.63) is 64.8 Å². The molecule has 0 bridgehead atoms. The lowest BCUT2D eigenvalue weighted by atomic mass is 9.77. The van der Waals surface area contributed by atoms with Crippen LogP contribution in [-0.4, -0.2) is 47.8 Å². The number of carboxylic acid groups (broad SMARTS) is 1. The van der Waals surface area contributed by atoms with Crippen molar-refractivity contribution in [1.82, 2.24) is 9.88 Å². The molecule has 0 aliphatic carbocycles. The number of aryl methyl sites for hydroxylation is 1. The number of aromatic nitrogens is 1. The van der Waals surface area contributed by atoms with Gasteiger partial charge in [0, 0.05) is 55.0 Å². The number of benzene rings is 2. The molecule has 3 aromatic rings. The fourth-order valence-corrected chi connectivity index (χ4v) is 5.64. The van der Waals surface area contributed by atoms with Gasteiger partial charge >= 0.3 is 5.97 Å². The van der Waals surface area contributed by atoms with E-state index in [-0.39, 0.29) is 11.5 Å². The fraction of sp³-hybridized carbons (Fsp3) is 0.423. The van der Waals surface area contributed by atoms with Crippen molar-refractivity contribution >= 4 is 16.9 Å². The number of H-pyrrole nitrogens is 1. The molecule has 2 fully saturated rings. The van der Waals surface area contributed by atoms with E-state index in [9.17, 15) is 9.90 Å². The quantitative estimate of drug-likeness (QED) is 0.596. The third-order valence-electron chi connectivity index (χ3n) is 7.39. The Hall–Kier alpha value is -2.83. The van der Waals surface area contributed by atoms with Crippen LogP contribution >= 0.6 is 0 Å². The molecule has 3 heterocycles. The summed E-state index contributed by atoms with van der Waals surface area (Å²) < 4.78 is 11.5. The molecule has 2 saturated heterocycles. The van der Waals surface area contributed by atoms with Crippen molar-refractivity contribution < 1.29 is 19.4 Å². The summed E-state index contributed by atoms with van der Waals surface area (Å²) in [5.74, 6) is 0.0301. The number of methoxy groups -OCH3 is 1. The third kappa shape index (κ3) is 3.67. The molecule has 1 aromatic heterocycles. The van der Waals surface area contributed by atoms with Gasteiger partial charge in [-0.15, -0.1) is 0 Å². The van der Waals surface area contributed by atoms with Crippen molar-refractivity contribution in [3.8, 4) is 5.75 Å². The molecule has 168 valence electrons. The summed E-state index contributed by atoms with van der Waals surface area (Å²) in [7, 11) is 1.74. The van der Waals surface area contributed by atoms with Gasteiger partial charge in [-0.25, -0.2) is 4.79 Å². The van der Waals surface area contributed by atoms with Gasteiger partial charge in [0.25, 0.3) is 0 Å². The normalized spacial score (nSPS) is 20.8. The fourth-order valence-electron chi connectivity index (χ4n) is 5.64. The summed E-state index contributed by atoms with van der Waals surface area (Å²) in [4.78, 5) is 17.3. The standard InChI is InChI=1S/C26H30N2O4/c1-17-13-23(31-2)21(20-7-10-27-24(17)20)15-28-16-26(8-11-32-12-9-26)14-22(28)18-3-5-19(6-4-18)25(29)30/h3-7,10,13,22,27H,8-9,11-12,14-16H2,1-2H3,(H,29,30)/t22-/m0/s1. The predicted molar refractivity (Wildman–Crippen MR) is 123 cm³/mol. The Balaban J connectivity index is 1.53. The van der Waals surface area contributed by atoms with Gasteiger partial charge in [-0.2, -0.15) is 0 Å². The van der Waals surface area contributed by atoms with E-state index < -0.39 is 5.97 Å². The zero-order valence-electron chi connectivity index (χ0n) is 18.7. The van der Waals surface area contributed by atoms with Gasteiger partial charge in [-0.1, -0.05) is 12.1 Å². The van der Waals surface area contributed by atoms with Crippen LogP contribution in [0.1, 0.15) is 52.4 Å². The predicted octanol–water partition coefficient (Wildman–Crippen LogP) is 4.93. The summed E-state index contributed by atoms with van der Waals surface area (Å²) >= 11 is 0. The van der Waals surface area contributed by atoms with Crippen molar-refractivity contribution in [1.29, 1.82) is 0 Å². The Bertz CT molecular complexity index is 1130. The molecule has 2 aromatic carbocycles. The summed E-state index contributed by atoms with van der Waals surface area (Å²) in [5.41, 5.74) is 5.27. The van der Waals surface area contributed by atoms with Crippen LogP contribution in [0.2, 0.25) is 0 Å². The largest absolute Gasteiger partial charge is 0.496 e. The molecule has 0 unspecified atom stereocenters. The van der Waals surface area contributed by atoms with Gasteiger partial charge in [0.05, 0.1) is 12.7 Å². The number of likely N-dealkylation sites (tertiary alicyclic amines) is 1. The molecule has 2 aliphatic heterocycles. The lowest BCUT2D eigenvalue weighted by Crippen LogP contribution is -2.33. The smallest absolute Gasteiger partial charge is 0.335 e. The van der Waals surface area contributed by atoms with E-state index in [0.717, 1.165) is 56.8 Å². The average Bonchev–Trinajstić information content (AvgIpc) is 3.42. The number of nitrogens with zero attached hydrogens (tertiary/aromatic N) is 1. The van der Waals surface area contributed by atoms with E-state index in [0.29, 0.717) is 5.56 Å². The molecule has 2 N–H and O–H groups in total. The van der Waals surface area contributed by atoms with Gasteiger partial charge in [-0.3, -0.25) is 4.90 Å². The highest BCUT2D eigenvalue weighted by atomic mass is 16.5. The topological polar surface area (TPSA) is 74.8 Å². The summed E-state index contributed by atoms with van der Waals surface area (Å²) in [5, 5.41) is 10.5. The van der Waals surface area contributed by atoms with Crippen LogP contribution in [0.5, 0.6) is 5.75 Å². The molecule has 1 atom stereocenters. The van der Waals surface area contributed by atoms with Crippen molar-refractivity contribution in [2.45, 2.75) is 38.8 Å². The van der Waals surface area contributed by atoms with E-state index >= 15 is 0 Å². The number of aromatic carboxylic acids is 1. The van der Waals surface area contributed by atoms with Gasteiger partial charge in [0.15, 0.2) is 0 Å². The van der Waals surface area contributed by atoms with E-state index in [4.69, 9.17) is 9.47 Å². The number of hydrogen-bond acceptors (Lipinski definition) is 4. The van der Waals surface area contributed by atoms with Crippen LogP contribution in [0, 0.1) is 12.3 Å². The van der Waals surface area contributed by atoms with E-state index in [2.05, 4.69) is 28.9 Å². The molecule has 0 radical (unpaired) electrons. The van der Waals surface area contributed by atoms with Crippen LogP contribution < -0.4 is 4.74 Å². The lowest BCUT2D eigenvalue weighted by molar-refractivity contribution is 0.0189. The van der Waals surface area contributed by atoms with E-state index in [1.54, 1.807) is 19.2 Å². The first-order valence-electron chi connectivity index (χ1n) is 11.3. The van der Waals surface area contributed by atoms with Crippen molar-refractivity contribution in [3.63, 3.8) is 0 Å². The maximum absolute atomic E-state index is 11.3. The molecule has 1 spiro atoms. The zero-order valence-corrected chi connectivity index (χ0v) is 18.7. The third-order valence-corrected chi connectivity index (χ3v) is 7.39. The average molecular weight is 435 g/mol. The number of carbonyl (C=O) groups is 1. The lowest BCUT2D eigenvalue weighted by Gasteiger charge is -2.33. The Morgan fingerprint density at radius 1 is 1.25 bits per heavy atom. The molecule has 0 saturated carbocycles. The second kappa shape index (κ2) is 8.26. The first-order chi connectivity index (χ1) is 15.5. The molecular weight excluding hydrogens is 404 g/mol. The van der Waals surface area contributed by atoms with Crippen LogP contribution in [0.4, 0.5) is 0 Å². The summed E-state index contributed by atoms with van der Waals surface area (Å²) in [6.07, 6.45) is 5.19. The SMILES string of the molecule is COc1cc(C)c2[nH]ccc2c1CN1CC2(CCOCC2)C[C@H]1c1ccc(C(=O)O)cc1. The second-order valence-corrected chi connectivity index (χ2v) is 9.31. The van der Waals surface area contributed by atoms with E-state index in [1.165, 1.54) is 22.1 Å². The van der Waals surface area contributed by atoms with Crippen molar-refractivity contribution in [2.24, 2.45) is 5.41 Å². The molecule has 6 nitrogen and oxygen atoms in total. The first kappa shape index (κ1) is 21.0. The van der Waals surface area contributed by atoms with Crippen molar-refractivity contribution in [2.75, 3.05) is 26.9 Å². The van der Waals surface area contributed by atoms with E-state index in [1.807, 2.05) is 18.3 Å². The van der Waals surface area contributed by atoms with Gasteiger partial charge < -0.3 is 19.6 Å². The zero-order chi connectivity index (χ0) is 22.3. The molecular formula is C26H30N2O4. The number of aromatic amines is 1. The molecule has 5 rings (SSSR count). The number of nitrogens with one attached hydrogen (secondary N) is 1. The highest BCUT2D eigenvalue weighted by molar-refractivity contribution is 5.88. The van der Waals surface area contributed by atoms with Crippen LogP contribution in [0.15, 0.2) is 42.6 Å². The second-order valence-electron chi connectivity index (χ2n) is 9.31. The van der Waals surface area contributed by atoms with Gasteiger partial charge in [-0.05, 0) is 67.0 Å². The maximum atomic E-state index is 11.3. The highest BCUT2D eigenvalue weighted by Crippen LogP contribution is 2.50. The Kier molecular flexibility index (Phi) is 5.43.